The van der Waals surface area contributed by atoms with Gasteiger partial charge in [-0.15, -0.1) is 0 Å². The van der Waals surface area contributed by atoms with E-state index >= 15 is 0 Å². The molecule has 3 aliphatic heterocycles. The van der Waals surface area contributed by atoms with Gasteiger partial charge in [-0.3, -0.25) is 0 Å². The van der Waals surface area contributed by atoms with Gasteiger partial charge >= 0.3 is 0 Å². The van der Waals surface area contributed by atoms with Crippen molar-refractivity contribution in [1.82, 2.24) is 0 Å². The molecule has 0 fully saturated rings. The van der Waals surface area contributed by atoms with Crippen molar-refractivity contribution in [2.24, 2.45) is 0 Å². The summed E-state index contributed by atoms with van der Waals surface area (Å²) in [5.74, 6) is 0. The molecular weight excluding hydrogens is 1710 g/mol. The molecule has 3 heteroatoms. The van der Waals surface area contributed by atoms with Gasteiger partial charge in [0.25, 0.3) is 0 Å². The van der Waals surface area contributed by atoms with Gasteiger partial charge in [-0.05, 0) is 287 Å². The van der Waals surface area contributed by atoms with Crippen LogP contribution >= 0.6 is 0 Å². The van der Waals surface area contributed by atoms with E-state index in [4.69, 9.17) is 0 Å². The summed E-state index contributed by atoms with van der Waals surface area (Å²) in [7, 11) is 0. The standard InChI is InChI=1S/C49H37N.C48H39N.C42H35N/c1-49(2)44-32-41(38-24-20-36(21-25-38)34-12-5-3-6-13-34)28-30-47(44)50(46-19-11-17-40-16-9-10-18-43(40)46)48-31-29-42(33-45(48)49)39-26-22-37(23-27-39)35-14-7-4-8-15-35;1-47(2)41-18-12-11-17-39(41)40-26-25-38(31-42(40)47)49-45-27-23-36(33-15-9-6-10-16-33)29-43(45)48(3,4)44-30-37(24-28-46(44)49)35-21-19-34(20-22-35)32-13-7-5-8-14-32;1-41(2)35-18-12-11-17-33(35)34-22-21-32(27-36(34)41)43-39-23-19-30(28-13-7-5-8-14-28)25-37(39)42(3,4)38-26-31(20-24-40(38)43)29-15-9-6-10-16-29/h3-33H,1-2H3;5-31H,1-4H3;5-27H,1-4H3. The lowest BCUT2D eigenvalue weighted by molar-refractivity contribution is 0.632. The number of hydrogen-bond donors (Lipinski definition) is 0. The van der Waals surface area contributed by atoms with E-state index in [0.717, 1.165) is 0 Å². The monoisotopic (exact) mass is 1820 g/mol. The molecule has 0 unspecified atom stereocenters. The molecule has 0 bridgehead atoms. The number of benzene rings is 21. The second kappa shape index (κ2) is 35.0. The average Bonchev–Trinajstić information content (AvgIpc) is 1.05. The minimum atomic E-state index is -0.244. The van der Waals surface area contributed by atoms with E-state index in [1.807, 2.05) is 0 Å². The second-order valence-electron chi connectivity index (χ2n) is 41.5. The molecule has 26 rings (SSSR count). The summed E-state index contributed by atoms with van der Waals surface area (Å²) in [6.45, 7) is 23.8. The highest BCUT2D eigenvalue weighted by Gasteiger charge is 2.44. The Bertz CT molecular complexity index is 8190. The van der Waals surface area contributed by atoms with Crippen LogP contribution in [0.5, 0.6) is 0 Å². The van der Waals surface area contributed by atoms with Crippen LogP contribution < -0.4 is 14.7 Å². The first-order chi connectivity index (χ1) is 69.2. The molecule has 0 spiro atoms. The molecule has 0 saturated carbocycles. The maximum absolute atomic E-state index is 2.51. The Balaban J connectivity index is 0.000000115. The van der Waals surface area contributed by atoms with Crippen LogP contribution in [0.25, 0.3) is 133 Å². The van der Waals surface area contributed by atoms with Gasteiger partial charge in [-0.25, -0.2) is 0 Å². The normalized spacial score (nSPS) is 14.4. The summed E-state index contributed by atoms with van der Waals surface area (Å²) in [6, 6.07) is 181. The molecule has 0 aromatic heterocycles. The van der Waals surface area contributed by atoms with Gasteiger partial charge in [-0.2, -0.15) is 0 Å². The van der Waals surface area contributed by atoms with E-state index in [1.165, 1.54) is 240 Å². The van der Waals surface area contributed by atoms with Crippen molar-refractivity contribution >= 4 is 62.0 Å². The third-order valence-corrected chi connectivity index (χ3v) is 31.4. The first kappa shape index (κ1) is 88.0. The fourth-order valence-electron chi connectivity index (χ4n) is 23.5. The van der Waals surface area contributed by atoms with Gasteiger partial charge in [0.05, 0.1) is 39.8 Å². The Labute approximate surface area is 836 Å². The molecule has 21 aromatic rings. The van der Waals surface area contributed by atoms with Crippen molar-refractivity contribution in [3.05, 3.63) is 547 Å². The van der Waals surface area contributed by atoms with E-state index in [-0.39, 0.29) is 27.1 Å². The lowest BCUT2D eigenvalue weighted by Crippen LogP contribution is -2.31. The molecule has 2 aliphatic carbocycles. The number of rotatable bonds is 12. The maximum Gasteiger partial charge on any atom is 0.0540 e. The SMILES string of the molecule is CC1(C)c2cc(-c3ccc(-c4ccccc4)cc3)ccc2N(c2cccc3ccccc23)c2ccc(-c3ccc(-c4ccccc4)cc3)cc21.CC1(C)c2ccccc2-c2ccc(N3c4ccc(-c5ccccc5)cc4C(C)(C)c4cc(-c5ccc(-c6ccccc6)cc5)ccc43)cc21.CC1(C)c2ccccc2-c2ccc(N3c4ccc(-c5ccccc5)cc4C(C)(C)c4cc(-c5ccccc5)ccc43)cc21. The zero-order valence-electron chi connectivity index (χ0n) is 82.1. The van der Waals surface area contributed by atoms with Crippen molar-refractivity contribution in [3.8, 4) is 122 Å². The Morgan fingerprint density at radius 3 is 0.620 bits per heavy atom. The van der Waals surface area contributed by atoms with Gasteiger partial charge in [0.15, 0.2) is 0 Å². The fraction of sp³-hybridized carbons (Fsp3) is 0.108. The molecule has 682 valence electrons. The molecule has 142 heavy (non-hydrogen) atoms. The van der Waals surface area contributed by atoms with E-state index in [2.05, 4.69) is 575 Å². The van der Waals surface area contributed by atoms with Gasteiger partial charge in [-0.1, -0.05) is 457 Å². The average molecular weight is 1820 g/mol. The predicted octanol–water partition coefficient (Wildman–Crippen LogP) is 38.2. The van der Waals surface area contributed by atoms with Crippen LogP contribution in [0.15, 0.2) is 491 Å². The number of nitrogens with zero attached hydrogens (tertiary/aromatic N) is 3. The Morgan fingerprint density at radius 2 is 0.331 bits per heavy atom. The summed E-state index contributed by atoms with van der Waals surface area (Å²) in [4.78, 5) is 7.49. The minimum Gasteiger partial charge on any atom is -0.310 e. The molecule has 5 aliphatic rings. The molecular formula is C139H111N3. The summed E-state index contributed by atoms with van der Waals surface area (Å²) in [6.07, 6.45) is 0. The van der Waals surface area contributed by atoms with Crippen LogP contribution in [0.4, 0.5) is 51.2 Å². The van der Waals surface area contributed by atoms with Crippen molar-refractivity contribution in [2.45, 2.75) is 96.3 Å². The summed E-state index contributed by atoms with van der Waals surface area (Å²) in [5, 5.41) is 2.48. The Hall–Kier alpha value is -16.7. The molecule has 3 nitrogen and oxygen atoms in total. The zero-order valence-corrected chi connectivity index (χ0v) is 82.1. The third kappa shape index (κ3) is 15.2. The highest BCUT2D eigenvalue weighted by atomic mass is 15.2. The second-order valence-corrected chi connectivity index (χ2v) is 41.5. The summed E-state index contributed by atoms with van der Waals surface area (Å²) < 4.78 is 0. The number of anilines is 9. The van der Waals surface area contributed by atoms with Crippen LogP contribution in [0.3, 0.4) is 0 Å². The first-order valence-corrected chi connectivity index (χ1v) is 50.1. The van der Waals surface area contributed by atoms with Crippen molar-refractivity contribution in [2.75, 3.05) is 14.7 Å². The van der Waals surface area contributed by atoms with Crippen LogP contribution in [0.2, 0.25) is 0 Å². The van der Waals surface area contributed by atoms with Crippen LogP contribution in [0.1, 0.15) is 125 Å². The summed E-state index contributed by atoms with van der Waals surface area (Å²) >= 11 is 0. The quantitative estimate of drug-likeness (QED) is 0.121. The fourth-order valence-corrected chi connectivity index (χ4v) is 23.5. The topological polar surface area (TPSA) is 9.72 Å². The number of fused-ring (bicyclic) bond motifs is 13. The number of hydrogen-bond acceptors (Lipinski definition) is 3. The van der Waals surface area contributed by atoms with E-state index in [1.54, 1.807) is 0 Å². The Kier molecular flexibility index (Phi) is 21.7. The van der Waals surface area contributed by atoms with Gasteiger partial charge in [0, 0.05) is 43.8 Å². The summed E-state index contributed by atoms with van der Waals surface area (Å²) in [5.41, 5.74) is 51.4. The smallest absolute Gasteiger partial charge is 0.0540 e. The first-order valence-electron chi connectivity index (χ1n) is 50.1. The largest absolute Gasteiger partial charge is 0.310 e. The molecule has 3 heterocycles. The van der Waals surface area contributed by atoms with Gasteiger partial charge in [0.1, 0.15) is 0 Å². The van der Waals surface area contributed by atoms with E-state index in [0.29, 0.717) is 0 Å². The van der Waals surface area contributed by atoms with Crippen LogP contribution in [-0.2, 0) is 27.1 Å². The van der Waals surface area contributed by atoms with Crippen molar-refractivity contribution in [1.29, 1.82) is 0 Å². The zero-order chi connectivity index (χ0) is 96.3. The lowest BCUT2D eigenvalue weighted by Gasteiger charge is -2.43. The lowest BCUT2D eigenvalue weighted by atomic mass is 9.72. The predicted molar refractivity (Wildman–Crippen MR) is 601 cm³/mol. The molecule has 0 saturated heterocycles. The highest BCUT2D eigenvalue weighted by Crippen LogP contribution is 2.61. The maximum atomic E-state index is 2.51. The van der Waals surface area contributed by atoms with Crippen LogP contribution in [-0.4, -0.2) is 0 Å². The van der Waals surface area contributed by atoms with Crippen molar-refractivity contribution in [3.63, 3.8) is 0 Å². The van der Waals surface area contributed by atoms with Gasteiger partial charge < -0.3 is 14.7 Å². The van der Waals surface area contributed by atoms with Crippen LogP contribution in [0, 0.1) is 0 Å². The Morgan fingerprint density at radius 1 is 0.127 bits per heavy atom. The molecule has 0 radical (unpaired) electrons. The molecule has 0 N–H and O–H groups in total. The van der Waals surface area contributed by atoms with Crippen molar-refractivity contribution < 1.29 is 0 Å². The molecule has 0 amide bonds. The van der Waals surface area contributed by atoms with E-state index in [9.17, 15) is 0 Å². The minimum absolute atomic E-state index is 0.0585. The molecule has 0 atom stereocenters. The highest BCUT2D eigenvalue weighted by molar-refractivity contribution is 6.03. The third-order valence-electron chi connectivity index (χ3n) is 31.4. The molecule has 21 aromatic carbocycles. The van der Waals surface area contributed by atoms with Gasteiger partial charge in [0.2, 0.25) is 0 Å². The van der Waals surface area contributed by atoms with E-state index < -0.39 is 0 Å².